The fraction of sp³-hybridized carbons (Fsp3) is 0.333. The highest BCUT2D eigenvalue weighted by molar-refractivity contribution is 8.00. The number of thioether (sulfide) groups is 1. The molecule has 0 saturated heterocycles. The number of thiophene rings is 1. The summed E-state index contributed by atoms with van der Waals surface area (Å²) in [5.41, 5.74) is 2.00. The van der Waals surface area contributed by atoms with Gasteiger partial charge >= 0.3 is 5.97 Å². The molecule has 4 aromatic rings. The summed E-state index contributed by atoms with van der Waals surface area (Å²) in [6.45, 7) is 6.17. The van der Waals surface area contributed by atoms with Gasteiger partial charge in [0.2, 0.25) is 0 Å². The number of carbonyl (C=O) groups excluding carboxylic acids is 1. The van der Waals surface area contributed by atoms with Crippen LogP contribution in [0.1, 0.15) is 26.0 Å². The molecule has 30 heavy (non-hydrogen) atoms. The summed E-state index contributed by atoms with van der Waals surface area (Å²) >= 11 is 3.03. The topological polar surface area (TPSA) is 74.8 Å². The van der Waals surface area contributed by atoms with Crippen molar-refractivity contribution in [3.63, 3.8) is 0 Å². The second-order valence-corrected chi connectivity index (χ2v) is 8.99. The molecular weight excluding hydrogens is 418 g/mol. The van der Waals surface area contributed by atoms with Crippen molar-refractivity contribution in [2.75, 3.05) is 6.61 Å². The Morgan fingerprint density at radius 1 is 1.23 bits per heavy atom. The van der Waals surface area contributed by atoms with Crippen molar-refractivity contribution in [2.45, 2.75) is 37.6 Å². The number of aromatic nitrogens is 5. The van der Waals surface area contributed by atoms with Crippen LogP contribution >= 0.6 is 23.1 Å². The van der Waals surface area contributed by atoms with Crippen molar-refractivity contribution in [1.29, 1.82) is 0 Å². The Labute approximate surface area is 183 Å². The number of nitrogens with zero attached hydrogens (tertiary/aromatic N) is 5. The Morgan fingerprint density at radius 2 is 2.00 bits per heavy atom. The van der Waals surface area contributed by atoms with Gasteiger partial charge in [-0.25, -0.2) is 4.68 Å². The molecule has 0 aliphatic carbocycles. The van der Waals surface area contributed by atoms with Crippen molar-refractivity contribution >= 4 is 39.3 Å². The minimum atomic E-state index is -0.294. The predicted octanol–water partition coefficient (Wildman–Crippen LogP) is 4.62. The summed E-state index contributed by atoms with van der Waals surface area (Å²) in [7, 11) is 1.93. The molecule has 7 nitrogen and oxygen atoms in total. The van der Waals surface area contributed by atoms with Gasteiger partial charge in [-0.2, -0.15) is 5.10 Å². The highest BCUT2D eigenvalue weighted by atomic mass is 32.2. The molecule has 1 aromatic carbocycles. The van der Waals surface area contributed by atoms with Crippen molar-refractivity contribution in [3.8, 4) is 16.4 Å². The first-order chi connectivity index (χ1) is 14.5. The average Bonchev–Trinajstić information content (AvgIpc) is 3.42. The van der Waals surface area contributed by atoms with Gasteiger partial charge in [0.15, 0.2) is 11.0 Å². The summed E-state index contributed by atoms with van der Waals surface area (Å²) in [4.78, 5) is 14.2. The van der Waals surface area contributed by atoms with E-state index in [9.17, 15) is 4.79 Å². The number of para-hydroxylation sites is 1. The number of hydrogen-bond acceptors (Lipinski definition) is 7. The van der Waals surface area contributed by atoms with Crippen LogP contribution in [0.15, 0.2) is 41.6 Å². The Kier molecular flexibility index (Phi) is 5.92. The monoisotopic (exact) mass is 441 g/mol. The third kappa shape index (κ3) is 3.75. The van der Waals surface area contributed by atoms with Crippen LogP contribution in [0.5, 0.6) is 0 Å². The zero-order valence-corrected chi connectivity index (χ0v) is 19.0. The standard InChI is InChI=1S/C21H23N5O2S2/c1-5-16(20(27)28-6-2)30-21-23-22-18(25(21)4)17-12-15-13(3)24-26(19(15)29-17)14-10-8-7-9-11-14/h7-12,16H,5-6H2,1-4H3. The molecule has 0 aliphatic rings. The van der Waals surface area contributed by atoms with Crippen LogP contribution in [-0.4, -0.2) is 42.4 Å². The molecule has 0 spiro atoms. The summed E-state index contributed by atoms with van der Waals surface area (Å²) in [6, 6.07) is 12.2. The van der Waals surface area contributed by atoms with Crippen molar-refractivity contribution in [1.82, 2.24) is 24.5 Å². The molecule has 0 fully saturated rings. The second-order valence-electron chi connectivity index (χ2n) is 6.79. The number of carbonyl (C=O) groups is 1. The maximum absolute atomic E-state index is 12.2. The van der Waals surface area contributed by atoms with E-state index in [1.165, 1.54) is 11.8 Å². The van der Waals surface area contributed by atoms with Crippen LogP contribution < -0.4 is 0 Å². The number of fused-ring (bicyclic) bond motifs is 1. The normalized spacial score (nSPS) is 12.4. The van der Waals surface area contributed by atoms with E-state index in [-0.39, 0.29) is 11.2 Å². The number of rotatable bonds is 7. The van der Waals surface area contributed by atoms with Gasteiger partial charge in [0.1, 0.15) is 10.1 Å². The van der Waals surface area contributed by atoms with Crippen molar-refractivity contribution < 1.29 is 9.53 Å². The highest BCUT2D eigenvalue weighted by Gasteiger charge is 2.24. The molecule has 0 aliphatic heterocycles. The van der Waals surface area contributed by atoms with Gasteiger partial charge in [-0.15, -0.1) is 21.5 Å². The molecule has 0 bridgehead atoms. The summed E-state index contributed by atoms with van der Waals surface area (Å²) in [5, 5.41) is 14.9. The minimum Gasteiger partial charge on any atom is -0.465 e. The number of aryl methyl sites for hydroxylation is 1. The molecule has 0 radical (unpaired) electrons. The largest absolute Gasteiger partial charge is 0.465 e. The predicted molar refractivity (Wildman–Crippen MR) is 120 cm³/mol. The Bertz CT molecular complexity index is 1180. The fourth-order valence-corrected chi connectivity index (χ4v) is 5.32. The SMILES string of the molecule is CCOC(=O)C(CC)Sc1nnc(-c2cc3c(C)nn(-c4ccccc4)c3s2)n1C. The first-order valence-electron chi connectivity index (χ1n) is 9.81. The van der Waals surface area contributed by atoms with Crippen LogP contribution in [0, 0.1) is 6.92 Å². The lowest BCUT2D eigenvalue weighted by Gasteiger charge is -2.12. The molecule has 0 amide bonds. The van der Waals surface area contributed by atoms with Crippen molar-refractivity contribution in [3.05, 3.63) is 42.1 Å². The Morgan fingerprint density at radius 3 is 2.70 bits per heavy atom. The third-order valence-electron chi connectivity index (χ3n) is 4.77. The fourth-order valence-electron chi connectivity index (χ4n) is 3.19. The van der Waals surface area contributed by atoms with E-state index in [2.05, 4.69) is 16.3 Å². The van der Waals surface area contributed by atoms with Gasteiger partial charge in [0.05, 0.1) is 22.9 Å². The molecule has 9 heteroatoms. The van der Waals surface area contributed by atoms with Gasteiger partial charge in [0.25, 0.3) is 0 Å². The summed E-state index contributed by atoms with van der Waals surface area (Å²) in [5.74, 6) is 0.561. The number of benzene rings is 1. The van der Waals surface area contributed by atoms with E-state index in [1.807, 2.05) is 67.4 Å². The first kappa shape index (κ1) is 20.6. The van der Waals surface area contributed by atoms with E-state index in [4.69, 9.17) is 9.84 Å². The highest BCUT2D eigenvalue weighted by Crippen LogP contribution is 2.37. The molecule has 156 valence electrons. The molecule has 3 heterocycles. The van der Waals surface area contributed by atoms with E-state index < -0.39 is 0 Å². The lowest BCUT2D eigenvalue weighted by molar-refractivity contribution is -0.142. The van der Waals surface area contributed by atoms with E-state index in [0.717, 1.165) is 32.3 Å². The molecule has 0 saturated carbocycles. The van der Waals surface area contributed by atoms with Gasteiger partial charge in [-0.05, 0) is 38.5 Å². The van der Waals surface area contributed by atoms with E-state index in [1.54, 1.807) is 11.3 Å². The minimum absolute atomic E-state index is 0.213. The number of hydrogen-bond donors (Lipinski definition) is 0. The van der Waals surface area contributed by atoms with Gasteiger partial charge in [-0.1, -0.05) is 36.9 Å². The molecule has 3 aromatic heterocycles. The van der Waals surface area contributed by atoms with Crippen molar-refractivity contribution in [2.24, 2.45) is 7.05 Å². The number of esters is 1. The quantitative estimate of drug-likeness (QED) is 0.308. The molecular formula is C21H23N5O2S2. The smallest absolute Gasteiger partial charge is 0.319 e. The van der Waals surface area contributed by atoms with Gasteiger partial charge in [0, 0.05) is 12.4 Å². The maximum atomic E-state index is 12.2. The Balaban J connectivity index is 1.68. The molecule has 1 atom stereocenters. The molecule has 0 N–H and O–H groups in total. The average molecular weight is 442 g/mol. The lowest BCUT2D eigenvalue weighted by Crippen LogP contribution is -2.20. The zero-order valence-electron chi connectivity index (χ0n) is 17.3. The van der Waals surface area contributed by atoms with Gasteiger partial charge < -0.3 is 9.30 Å². The maximum Gasteiger partial charge on any atom is 0.319 e. The second kappa shape index (κ2) is 8.61. The van der Waals surface area contributed by atoms with E-state index in [0.29, 0.717) is 18.2 Å². The van der Waals surface area contributed by atoms with E-state index >= 15 is 0 Å². The summed E-state index contributed by atoms with van der Waals surface area (Å²) in [6.07, 6.45) is 0.667. The van der Waals surface area contributed by atoms with Crippen LogP contribution in [-0.2, 0) is 16.6 Å². The zero-order chi connectivity index (χ0) is 21.3. The van der Waals surface area contributed by atoms with Crippen LogP contribution in [0.2, 0.25) is 0 Å². The van der Waals surface area contributed by atoms with Gasteiger partial charge in [-0.3, -0.25) is 4.79 Å². The van der Waals surface area contributed by atoms with Crippen LogP contribution in [0.25, 0.3) is 26.6 Å². The Hall–Kier alpha value is -2.65. The number of ether oxygens (including phenoxy) is 1. The molecule has 1 unspecified atom stereocenters. The third-order valence-corrected chi connectivity index (χ3v) is 7.25. The lowest BCUT2D eigenvalue weighted by atomic mass is 10.3. The summed E-state index contributed by atoms with van der Waals surface area (Å²) < 4.78 is 9.08. The van der Waals surface area contributed by atoms with Crippen LogP contribution in [0.3, 0.4) is 0 Å². The first-order valence-corrected chi connectivity index (χ1v) is 11.5. The van der Waals surface area contributed by atoms with Crippen LogP contribution in [0.4, 0.5) is 0 Å². The molecule has 4 rings (SSSR count).